The molecule has 0 bridgehead atoms. The Balaban J connectivity index is 1.76. The highest BCUT2D eigenvalue weighted by Crippen LogP contribution is 2.22. The zero-order valence-corrected chi connectivity index (χ0v) is 14.6. The van der Waals surface area contributed by atoms with E-state index < -0.39 is 18.5 Å². The fourth-order valence-corrected chi connectivity index (χ4v) is 2.17. The predicted octanol–water partition coefficient (Wildman–Crippen LogP) is 1.92. The van der Waals surface area contributed by atoms with Crippen LogP contribution < -0.4 is 15.4 Å². The molecule has 2 aromatic carbocycles. The molecule has 26 heavy (non-hydrogen) atoms. The number of carbonyl (C=O) groups is 3. The van der Waals surface area contributed by atoms with Crippen molar-refractivity contribution in [3.63, 3.8) is 0 Å². The molecule has 0 aliphatic heterocycles. The third kappa shape index (κ3) is 5.62. The SMILES string of the molecule is COc1ccccc1NC(=O)COC(=O)CNC(=O)c1cccc(C)c1. The van der Waals surface area contributed by atoms with Crippen LogP contribution >= 0.6 is 0 Å². The number of rotatable bonds is 7. The van der Waals surface area contributed by atoms with Crippen molar-refractivity contribution in [3.8, 4) is 5.75 Å². The van der Waals surface area contributed by atoms with Crippen molar-refractivity contribution in [1.29, 1.82) is 0 Å². The second kappa shape index (κ2) is 9.22. The van der Waals surface area contributed by atoms with Gasteiger partial charge in [0.25, 0.3) is 11.8 Å². The minimum Gasteiger partial charge on any atom is -0.495 e. The van der Waals surface area contributed by atoms with Crippen LogP contribution in [0.5, 0.6) is 5.75 Å². The van der Waals surface area contributed by atoms with Gasteiger partial charge in [0, 0.05) is 5.56 Å². The number of benzene rings is 2. The Hall–Kier alpha value is -3.35. The molecule has 0 saturated heterocycles. The Bertz CT molecular complexity index is 804. The summed E-state index contributed by atoms with van der Waals surface area (Å²) in [5.74, 6) is -1.10. The van der Waals surface area contributed by atoms with Crippen molar-refractivity contribution in [1.82, 2.24) is 5.32 Å². The zero-order chi connectivity index (χ0) is 18.9. The molecule has 0 spiro atoms. The summed E-state index contributed by atoms with van der Waals surface area (Å²) >= 11 is 0. The normalized spacial score (nSPS) is 9.92. The number of methoxy groups -OCH3 is 1. The van der Waals surface area contributed by atoms with E-state index in [1.807, 2.05) is 13.0 Å². The van der Waals surface area contributed by atoms with Gasteiger partial charge < -0.3 is 20.1 Å². The molecule has 0 unspecified atom stereocenters. The van der Waals surface area contributed by atoms with Crippen LogP contribution in [0.15, 0.2) is 48.5 Å². The molecule has 7 nitrogen and oxygen atoms in total. The van der Waals surface area contributed by atoms with Gasteiger partial charge >= 0.3 is 5.97 Å². The predicted molar refractivity (Wildman–Crippen MR) is 96.1 cm³/mol. The van der Waals surface area contributed by atoms with Crippen molar-refractivity contribution in [2.45, 2.75) is 6.92 Å². The lowest BCUT2D eigenvalue weighted by molar-refractivity contribution is -0.146. The maximum atomic E-state index is 11.9. The molecule has 0 heterocycles. The summed E-state index contributed by atoms with van der Waals surface area (Å²) in [7, 11) is 1.49. The summed E-state index contributed by atoms with van der Waals surface area (Å²) in [6.45, 7) is 1.08. The van der Waals surface area contributed by atoms with Crippen LogP contribution in [-0.2, 0) is 14.3 Å². The quantitative estimate of drug-likeness (QED) is 0.739. The molecule has 0 aliphatic rings. The van der Waals surface area contributed by atoms with E-state index in [2.05, 4.69) is 10.6 Å². The maximum absolute atomic E-state index is 11.9. The van der Waals surface area contributed by atoms with Gasteiger partial charge in [0.1, 0.15) is 12.3 Å². The van der Waals surface area contributed by atoms with Crippen molar-refractivity contribution in [2.24, 2.45) is 0 Å². The van der Waals surface area contributed by atoms with Gasteiger partial charge in [-0.1, -0.05) is 29.8 Å². The number of anilines is 1. The molecule has 2 N–H and O–H groups in total. The lowest BCUT2D eigenvalue weighted by Gasteiger charge is -2.10. The van der Waals surface area contributed by atoms with Crippen LogP contribution in [0.4, 0.5) is 5.69 Å². The molecule has 0 aromatic heterocycles. The van der Waals surface area contributed by atoms with Crippen LogP contribution in [0.25, 0.3) is 0 Å². The summed E-state index contributed by atoms with van der Waals surface area (Å²) in [4.78, 5) is 35.5. The van der Waals surface area contributed by atoms with E-state index in [4.69, 9.17) is 9.47 Å². The highest BCUT2D eigenvalue weighted by Gasteiger charge is 2.12. The van der Waals surface area contributed by atoms with Crippen molar-refractivity contribution < 1.29 is 23.9 Å². The third-order valence-corrected chi connectivity index (χ3v) is 3.42. The van der Waals surface area contributed by atoms with Crippen LogP contribution in [-0.4, -0.2) is 38.0 Å². The van der Waals surface area contributed by atoms with Gasteiger partial charge in [0.15, 0.2) is 6.61 Å². The zero-order valence-electron chi connectivity index (χ0n) is 14.6. The Morgan fingerprint density at radius 2 is 1.81 bits per heavy atom. The molecule has 0 saturated carbocycles. The average molecular weight is 356 g/mol. The van der Waals surface area contributed by atoms with Crippen LogP contribution in [0, 0.1) is 6.92 Å². The molecule has 2 aromatic rings. The second-order valence-electron chi connectivity index (χ2n) is 5.46. The van der Waals surface area contributed by atoms with Crippen LogP contribution in [0.3, 0.4) is 0 Å². The Kier molecular flexibility index (Phi) is 6.73. The first kappa shape index (κ1) is 19.0. The summed E-state index contributed by atoms with van der Waals surface area (Å²) < 4.78 is 9.97. The lowest BCUT2D eigenvalue weighted by atomic mass is 10.1. The lowest BCUT2D eigenvalue weighted by Crippen LogP contribution is -2.32. The summed E-state index contributed by atoms with van der Waals surface area (Å²) in [6, 6.07) is 13.9. The average Bonchev–Trinajstić information content (AvgIpc) is 2.64. The van der Waals surface area contributed by atoms with Crippen LogP contribution in [0.1, 0.15) is 15.9 Å². The Morgan fingerprint density at radius 3 is 2.54 bits per heavy atom. The summed E-state index contributed by atoms with van der Waals surface area (Å²) in [5.41, 5.74) is 1.86. The van der Waals surface area contributed by atoms with Gasteiger partial charge in [-0.15, -0.1) is 0 Å². The number of ether oxygens (including phenoxy) is 2. The Morgan fingerprint density at radius 1 is 1.04 bits per heavy atom. The van der Waals surface area contributed by atoms with Gasteiger partial charge in [-0.3, -0.25) is 14.4 Å². The number of para-hydroxylation sites is 2. The van der Waals surface area contributed by atoms with E-state index in [0.717, 1.165) is 5.56 Å². The minimum atomic E-state index is -0.707. The fourth-order valence-electron chi connectivity index (χ4n) is 2.17. The molecule has 0 aliphatic carbocycles. The molecule has 2 amide bonds. The number of hydrogen-bond donors (Lipinski definition) is 2. The van der Waals surface area contributed by atoms with Gasteiger partial charge in [-0.25, -0.2) is 0 Å². The smallest absolute Gasteiger partial charge is 0.325 e. The van der Waals surface area contributed by atoms with E-state index in [1.54, 1.807) is 42.5 Å². The van der Waals surface area contributed by atoms with Crippen molar-refractivity contribution >= 4 is 23.5 Å². The number of nitrogens with one attached hydrogen (secondary N) is 2. The maximum Gasteiger partial charge on any atom is 0.325 e. The topological polar surface area (TPSA) is 93.7 Å². The minimum absolute atomic E-state index is 0.325. The number of aryl methyl sites for hydroxylation is 1. The molecule has 2 rings (SSSR count). The van der Waals surface area contributed by atoms with E-state index in [1.165, 1.54) is 7.11 Å². The van der Waals surface area contributed by atoms with Gasteiger partial charge in [0.05, 0.1) is 12.8 Å². The fraction of sp³-hybridized carbons (Fsp3) is 0.211. The number of carbonyl (C=O) groups excluding carboxylic acids is 3. The van der Waals surface area contributed by atoms with Gasteiger partial charge in [-0.05, 0) is 31.2 Å². The van der Waals surface area contributed by atoms with E-state index in [-0.39, 0.29) is 12.5 Å². The standard InChI is InChI=1S/C19H20N2O5/c1-13-6-5-7-14(10-13)19(24)20-11-18(23)26-12-17(22)21-15-8-3-4-9-16(15)25-2/h3-10H,11-12H2,1-2H3,(H,20,24)(H,21,22). The first-order valence-electron chi connectivity index (χ1n) is 7.93. The summed E-state index contributed by atoms with van der Waals surface area (Å²) in [5, 5.41) is 5.04. The molecule has 0 radical (unpaired) electrons. The second-order valence-corrected chi connectivity index (χ2v) is 5.46. The highest BCUT2D eigenvalue weighted by atomic mass is 16.5. The first-order valence-corrected chi connectivity index (χ1v) is 7.93. The molecule has 0 atom stereocenters. The molecule has 7 heteroatoms. The molecular weight excluding hydrogens is 336 g/mol. The molecular formula is C19H20N2O5. The third-order valence-electron chi connectivity index (χ3n) is 3.42. The van der Waals surface area contributed by atoms with Crippen molar-refractivity contribution in [2.75, 3.05) is 25.6 Å². The number of esters is 1. The first-order chi connectivity index (χ1) is 12.5. The van der Waals surface area contributed by atoms with E-state index in [0.29, 0.717) is 17.0 Å². The van der Waals surface area contributed by atoms with Gasteiger partial charge in [0.2, 0.25) is 0 Å². The van der Waals surface area contributed by atoms with Gasteiger partial charge in [-0.2, -0.15) is 0 Å². The summed E-state index contributed by atoms with van der Waals surface area (Å²) in [6.07, 6.45) is 0. The highest BCUT2D eigenvalue weighted by molar-refractivity contribution is 5.97. The number of hydrogen-bond acceptors (Lipinski definition) is 5. The van der Waals surface area contributed by atoms with E-state index in [9.17, 15) is 14.4 Å². The molecule has 0 fully saturated rings. The van der Waals surface area contributed by atoms with Crippen LogP contribution in [0.2, 0.25) is 0 Å². The largest absolute Gasteiger partial charge is 0.495 e. The monoisotopic (exact) mass is 356 g/mol. The Labute approximate surface area is 151 Å². The van der Waals surface area contributed by atoms with E-state index >= 15 is 0 Å². The number of amides is 2. The molecule has 136 valence electrons. The van der Waals surface area contributed by atoms with Crippen molar-refractivity contribution in [3.05, 3.63) is 59.7 Å².